The average Bonchev–Trinajstić information content (AvgIpc) is 3.08. The quantitative estimate of drug-likeness (QED) is 0.861. The van der Waals surface area contributed by atoms with Gasteiger partial charge < -0.3 is 15.5 Å². The molecule has 2 saturated heterocycles. The van der Waals surface area contributed by atoms with Crippen LogP contribution in [0.2, 0.25) is 0 Å². The van der Waals surface area contributed by atoms with Crippen molar-refractivity contribution >= 4 is 17.5 Å². The molecular formula is C19H27N3O2. The van der Waals surface area contributed by atoms with Gasteiger partial charge in [0, 0.05) is 24.8 Å². The molecule has 0 saturated carbocycles. The Labute approximate surface area is 143 Å². The van der Waals surface area contributed by atoms with Crippen molar-refractivity contribution in [2.24, 2.45) is 17.6 Å². The van der Waals surface area contributed by atoms with Gasteiger partial charge in [-0.05, 0) is 69.3 Å². The highest BCUT2D eigenvalue weighted by Gasteiger charge is 2.43. The second kappa shape index (κ2) is 6.55. The molecule has 5 heteroatoms. The van der Waals surface area contributed by atoms with Gasteiger partial charge in [-0.2, -0.15) is 0 Å². The Bertz CT molecular complexity index is 638. The van der Waals surface area contributed by atoms with Crippen molar-refractivity contribution in [1.29, 1.82) is 0 Å². The van der Waals surface area contributed by atoms with E-state index in [1.165, 1.54) is 0 Å². The van der Waals surface area contributed by atoms with Crippen LogP contribution in [-0.4, -0.2) is 42.4 Å². The zero-order valence-corrected chi connectivity index (χ0v) is 14.8. The highest BCUT2D eigenvalue weighted by Crippen LogP contribution is 2.31. The number of hydrogen-bond donors (Lipinski definition) is 1. The summed E-state index contributed by atoms with van der Waals surface area (Å²) >= 11 is 0. The van der Waals surface area contributed by atoms with E-state index in [9.17, 15) is 9.59 Å². The van der Waals surface area contributed by atoms with Crippen molar-refractivity contribution < 1.29 is 9.59 Å². The van der Waals surface area contributed by atoms with E-state index in [0.29, 0.717) is 32.0 Å². The molecule has 2 heterocycles. The van der Waals surface area contributed by atoms with Crippen molar-refractivity contribution in [2.45, 2.75) is 39.7 Å². The Morgan fingerprint density at radius 1 is 1.25 bits per heavy atom. The van der Waals surface area contributed by atoms with Gasteiger partial charge in [-0.3, -0.25) is 9.59 Å². The number of amides is 2. The molecule has 3 atom stereocenters. The number of nitrogens with zero attached hydrogens (tertiary/aromatic N) is 2. The zero-order valence-electron chi connectivity index (χ0n) is 14.8. The number of carbonyl (C=O) groups excluding carboxylic acids is 2. The summed E-state index contributed by atoms with van der Waals surface area (Å²) in [4.78, 5) is 29.4. The van der Waals surface area contributed by atoms with Crippen LogP contribution < -0.4 is 10.6 Å². The number of rotatable bonds is 3. The maximum absolute atomic E-state index is 12.9. The van der Waals surface area contributed by atoms with Crippen molar-refractivity contribution in [3.63, 3.8) is 0 Å². The zero-order chi connectivity index (χ0) is 17.4. The Morgan fingerprint density at radius 2 is 1.92 bits per heavy atom. The molecular weight excluding hydrogens is 302 g/mol. The standard InChI is InChI=1S/C19H27N3O2/c1-12-6-13(2)8-16(7-12)21-5-4-17(18(21)23)19(24)22-11-15(10-20)9-14(22)3/h6-8,14-15,17H,4-5,9-11,20H2,1-3H3. The highest BCUT2D eigenvalue weighted by molar-refractivity contribution is 6.09. The number of benzene rings is 1. The Hall–Kier alpha value is -1.88. The third-order valence-corrected chi connectivity index (χ3v) is 5.30. The molecule has 2 aliphatic rings. The minimum Gasteiger partial charge on any atom is -0.339 e. The van der Waals surface area contributed by atoms with Gasteiger partial charge in [0.05, 0.1) is 0 Å². The predicted octanol–water partition coefficient (Wildman–Crippen LogP) is 1.85. The second-order valence-electron chi connectivity index (χ2n) is 7.35. The number of anilines is 1. The molecule has 2 aliphatic heterocycles. The summed E-state index contributed by atoms with van der Waals surface area (Å²) in [6.45, 7) is 8.00. The van der Waals surface area contributed by atoms with Crippen LogP contribution in [0.3, 0.4) is 0 Å². The summed E-state index contributed by atoms with van der Waals surface area (Å²) < 4.78 is 0. The number of carbonyl (C=O) groups is 2. The summed E-state index contributed by atoms with van der Waals surface area (Å²) in [7, 11) is 0. The first-order valence-electron chi connectivity index (χ1n) is 8.81. The summed E-state index contributed by atoms with van der Waals surface area (Å²) in [5, 5.41) is 0. The van der Waals surface area contributed by atoms with Crippen LogP contribution in [0, 0.1) is 25.7 Å². The van der Waals surface area contributed by atoms with Crippen LogP contribution in [0.5, 0.6) is 0 Å². The van der Waals surface area contributed by atoms with Crippen LogP contribution in [0.1, 0.15) is 30.9 Å². The average molecular weight is 329 g/mol. The summed E-state index contributed by atoms with van der Waals surface area (Å²) in [5.41, 5.74) is 8.92. The molecule has 0 radical (unpaired) electrons. The molecule has 0 spiro atoms. The molecule has 0 bridgehead atoms. The first kappa shape index (κ1) is 17.0. The van der Waals surface area contributed by atoms with E-state index in [0.717, 1.165) is 23.2 Å². The molecule has 2 fully saturated rings. The van der Waals surface area contributed by atoms with Crippen LogP contribution in [0.15, 0.2) is 18.2 Å². The molecule has 2 amide bonds. The largest absolute Gasteiger partial charge is 0.339 e. The minimum atomic E-state index is -0.537. The normalized spacial score (nSPS) is 27.2. The van der Waals surface area contributed by atoms with E-state index in [1.54, 1.807) is 4.90 Å². The van der Waals surface area contributed by atoms with Gasteiger partial charge in [0.1, 0.15) is 5.92 Å². The fourth-order valence-electron chi connectivity index (χ4n) is 4.09. The van der Waals surface area contributed by atoms with Gasteiger partial charge in [0.15, 0.2) is 0 Å². The lowest BCUT2D eigenvalue weighted by Crippen LogP contribution is -2.42. The molecule has 0 aromatic heterocycles. The Morgan fingerprint density at radius 3 is 2.50 bits per heavy atom. The highest BCUT2D eigenvalue weighted by atomic mass is 16.2. The van der Waals surface area contributed by atoms with Crippen molar-refractivity contribution in [2.75, 3.05) is 24.5 Å². The molecule has 1 aromatic carbocycles. The van der Waals surface area contributed by atoms with Crippen molar-refractivity contribution in [1.82, 2.24) is 4.90 Å². The fraction of sp³-hybridized carbons (Fsp3) is 0.579. The first-order chi connectivity index (χ1) is 11.4. The van der Waals surface area contributed by atoms with Crippen molar-refractivity contribution in [3.8, 4) is 0 Å². The van der Waals surface area contributed by atoms with Gasteiger partial charge in [-0.15, -0.1) is 0 Å². The van der Waals surface area contributed by atoms with E-state index in [4.69, 9.17) is 5.73 Å². The molecule has 5 nitrogen and oxygen atoms in total. The molecule has 24 heavy (non-hydrogen) atoms. The van der Waals surface area contributed by atoms with Crippen LogP contribution in [-0.2, 0) is 9.59 Å². The van der Waals surface area contributed by atoms with Gasteiger partial charge >= 0.3 is 0 Å². The van der Waals surface area contributed by atoms with Crippen LogP contribution >= 0.6 is 0 Å². The van der Waals surface area contributed by atoms with E-state index in [2.05, 4.69) is 13.0 Å². The van der Waals surface area contributed by atoms with Gasteiger partial charge in [-0.1, -0.05) is 6.07 Å². The van der Waals surface area contributed by atoms with E-state index < -0.39 is 5.92 Å². The maximum Gasteiger partial charge on any atom is 0.239 e. The van der Waals surface area contributed by atoms with Crippen LogP contribution in [0.25, 0.3) is 0 Å². The van der Waals surface area contributed by atoms with E-state index >= 15 is 0 Å². The monoisotopic (exact) mass is 329 g/mol. The summed E-state index contributed by atoms with van der Waals surface area (Å²) in [6.07, 6.45) is 1.53. The maximum atomic E-state index is 12.9. The topological polar surface area (TPSA) is 66.6 Å². The van der Waals surface area contributed by atoms with Crippen molar-refractivity contribution in [3.05, 3.63) is 29.3 Å². The summed E-state index contributed by atoms with van der Waals surface area (Å²) in [5.74, 6) is -0.260. The molecule has 0 aliphatic carbocycles. The number of aryl methyl sites for hydroxylation is 2. The van der Waals surface area contributed by atoms with Gasteiger partial charge in [0.2, 0.25) is 11.8 Å². The SMILES string of the molecule is Cc1cc(C)cc(N2CCC(C(=O)N3CC(CN)CC3C)C2=O)c1. The molecule has 3 unspecified atom stereocenters. The van der Waals surface area contributed by atoms with Gasteiger partial charge in [0.25, 0.3) is 0 Å². The fourth-order valence-corrected chi connectivity index (χ4v) is 4.09. The molecule has 1 aromatic rings. The first-order valence-corrected chi connectivity index (χ1v) is 8.81. The third kappa shape index (κ3) is 3.05. The lowest BCUT2D eigenvalue weighted by Gasteiger charge is -2.24. The van der Waals surface area contributed by atoms with Crippen LogP contribution in [0.4, 0.5) is 5.69 Å². The lowest BCUT2D eigenvalue weighted by molar-refractivity contribution is -0.140. The van der Waals surface area contributed by atoms with E-state index in [1.807, 2.05) is 30.9 Å². The van der Waals surface area contributed by atoms with Gasteiger partial charge in [-0.25, -0.2) is 0 Å². The molecule has 2 N–H and O–H groups in total. The second-order valence-corrected chi connectivity index (χ2v) is 7.35. The molecule has 130 valence electrons. The number of hydrogen-bond acceptors (Lipinski definition) is 3. The summed E-state index contributed by atoms with van der Waals surface area (Å²) in [6, 6.07) is 6.29. The smallest absolute Gasteiger partial charge is 0.239 e. The lowest BCUT2D eigenvalue weighted by atomic mass is 10.1. The number of likely N-dealkylation sites (tertiary alicyclic amines) is 1. The Balaban J connectivity index is 1.75. The third-order valence-electron chi connectivity index (χ3n) is 5.30. The number of nitrogens with two attached hydrogens (primary N) is 1. The predicted molar refractivity (Wildman–Crippen MR) is 94.7 cm³/mol. The molecule has 3 rings (SSSR count). The minimum absolute atomic E-state index is 0.0182. The van der Waals surface area contributed by atoms with E-state index in [-0.39, 0.29) is 17.9 Å². The Kier molecular flexibility index (Phi) is 4.63.